The summed E-state index contributed by atoms with van der Waals surface area (Å²) in [5.41, 5.74) is 0.519. The molecule has 1 fully saturated rings. The zero-order valence-electron chi connectivity index (χ0n) is 15.5. The number of ether oxygens (including phenoxy) is 3. The van der Waals surface area contributed by atoms with Crippen LogP contribution in [-0.4, -0.2) is 54.7 Å². The maximum atomic E-state index is 12.4. The molecule has 2 rings (SSSR count). The van der Waals surface area contributed by atoms with Crippen LogP contribution in [0.4, 0.5) is 0 Å². The number of hydrogen-bond donors (Lipinski definition) is 1. The second-order valence-electron chi connectivity index (χ2n) is 5.54. The van der Waals surface area contributed by atoms with Crippen LogP contribution in [0.25, 0.3) is 6.08 Å². The lowest BCUT2D eigenvalue weighted by Crippen LogP contribution is -2.52. The number of esters is 1. The fraction of sp³-hybridized carbons (Fsp3) is 0.333. The van der Waals surface area contributed by atoms with Crippen molar-refractivity contribution >= 4 is 63.8 Å². The van der Waals surface area contributed by atoms with Gasteiger partial charge in [0.15, 0.2) is 23.2 Å². The van der Waals surface area contributed by atoms with Crippen molar-refractivity contribution in [3.05, 3.63) is 26.8 Å². The van der Waals surface area contributed by atoms with Gasteiger partial charge in [0.25, 0.3) is 11.8 Å². The van der Waals surface area contributed by atoms with Crippen LogP contribution >= 0.6 is 34.8 Å². The smallest absolute Gasteiger partial charge is 0.344 e. The van der Waals surface area contributed by atoms with Crippen molar-refractivity contribution in [1.82, 2.24) is 10.2 Å². The third kappa shape index (κ3) is 5.19. The van der Waals surface area contributed by atoms with Gasteiger partial charge in [-0.05, 0) is 72.4 Å². The molecule has 1 saturated heterocycles. The molecular formula is C18H19IN2O6S. The number of hydrogen-bond acceptors (Lipinski definition) is 7. The van der Waals surface area contributed by atoms with Gasteiger partial charge in [0, 0.05) is 7.05 Å². The molecule has 0 atom stereocenters. The Kier molecular flexibility index (Phi) is 7.75. The van der Waals surface area contributed by atoms with Crippen molar-refractivity contribution < 1.29 is 28.6 Å². The Hall–Kier alpha value is -2.21. The van der Waals surface area contributed by atoms with E-state index in [4.69, 9.17) is 26.4 Å². The highest BCUT2D eigenvalue weighted by Crippen LogP contribution is 2.35. The van der Waals surface area contributed by atoms with E-state index in [-0.39, 0.29) is 23.9 Å². The zero-order valence-corrected chi connectivity index (χ0v) is 18.5. The van der Waals surface area contributed by atoms with Gasteiger partial charge < -0.3 is 14.2 Å². The fourth-order valence-electron chi connectivity index (χ4n) is 2.32. The lowest BCUT2D eigenvalue weighted by Gasteiger charge is -2.25. The highest BCUT2D eigenvalue weighted by molar-refractivity contribution is 14.1. The largest absolute Gasteiger partial charge is 0.490 e. The minimum Gasteiger partial charge on any atom is -0.490 e. The molecule has 1 heterocycles. The van der Waals surface area contributed by atoms with Gasteiger partial charge in [0.1, 0.15) is 5.57 Å². The molecule has 28 heavy (non-hydrogen) atoms. The Morgan fingerprint density at radius 3 is 2.61 bits per heavy atom. The average molecular weight is 518 g/mol. The van der Waals surface area contributed by atoms with E-state index >= 15 is 0 Å². The SMILES string of the molecule is CCOC(=O)COc1c(I)cc(C=C2C(=O)NC(=S)N(C)C2=O)cc1OCC. The van der Waals surface area contributed by atoms with Gasteiger partial charge in [0.2, 0.25) is 0 Å². The monoisotopic (exact) mass is 518 g/mol. The molecule has 1 aliphatic rings. The number of benzene rings is 1. The predicted octanol–water partition coefficient (Wildman–Crippen LogP) is 1.89. The Bertz CT molecular complexity index is 855. The molecule has 0 unspecified atom stereocenters. The number of nitrogens with zero attached hydrogens (tertiary/aromatic N) is 1. The van der Waals surface area contributed by atoms with Crippen molar-refractivity contribution in [2.24, 2.45) is 0 Å². The Morgan fingerprint density at radius 2 is 1.96 bits per heavy atom. The van der Waals surface area contributed by atoms with Crippen LogP contribution in [0.1, 0.15) is 19.4 Å². The molecule has 150 valence electrons. The van der Waals surface area contributed by atoms with Gasteiger partial charge in [-0.2, -0.15) is 0 Å². The van der Waals surface area contributed by atoms with Crippen molar-refractivity contribution in [3.63, 3.8) is 0 Å². The molecule has 0 radical (unpaired) electrons. The fourth-order valence-corrected chi connectivity index (χ4v) is 3.28. The van der Waals surface area contributed by atoms with Crippen LogP contribution in [0.3, 0.4) is 0 Å². The third-order valence-corrected chi connectivity index (χ3v) is 4.76. The van der Waals surface area contributed by atoms with Crippen molar-refractivity contribution in [1.29, 1.82) is 0 Å². The summed E-state index contributed by atoms with van der Waals surface area (Å²) in [6.07, 6.45) is 1.45. The summed E-state index contributed by atoms with van der Waals surface area (Å²) in [4.78, 5) is 37.2. The van der Waals surface area contributed by atoms with E-state index in [0.29, 0.717) is 27.2 Å². The van der Waals surface area contributed by atoms with Gasteiger partial charge in [-0.1, -0.05) is 0 Å². The molecule has 10 heteroatoms. The van der Waals surface area contributed by atoms with Crippen molar-refractivity contribution in [2.45, 2.75) is 13.8 Å². The lowest BCUT2D eigenvalue weighted by atomic mass is 10.1. The van der Waals surface area contributed by atoms with Gasteiger partial charge in [0.05, 0.1) is 16.8 Å². The van der Waals surface area contributed by atoms with Gasteiger partial charge in [-0.15, -0.1) is 0 Å². The average Bonchev–Trinajstić information content (AvgIpc) is 2.63. The number of halogens is 1. The minimum absolute atomic E-state index is 0.0467. The van der Waals surface area contributed by atoms with Crippen LogP contribution in [0.5, 0.6) is 11.5 Å². The summed E-state index contributed by atoms with van der Waals surface area (Å²) in [6.45, 7) is 3.89. The quantitative estimate of drug-likeness (QED) is 0.194. The van der Waals surface area contributed by atoms with E-state index in [2.05, 4.69) is 5.32 Å². The first kappa shape index (κ1) is 22.1. The first-order valence-electron chi connectivity index (χ1n) is 8.38. The second-order valence-corrected chi connectivity index (χ2v) is 7.09. The summed E-state index contributed by atoms with van der Waals surface area (Å²) in [7, 11) is 1.49. The Balaban J connectivity index is 2.36. The van der Waals surface area contributed by atoms with Crippen LogP contribution in [-0.2, 0) is 19.1 Å². The summed E-state index contributed by atoms with van der Waals surface area (Å²) in [5.74, 6) is -0.781. The van der Waals surface area contributed by atoms with Gasteiger partial charge in [-0.3, -0.25) is 19.8 Å². The van der Waals surface area contributed by atoms with Crippen LogP contribution in [0.2, 0.25) is 0 Å². The van der Waals surface area contributed by atoms with Crippen molar-refractivity contribution in [3.8, 4) is 11.5 Å². The molecule has 0 aromatic heterocycles. The first-order chi connectivity index (χ1) is 13.3. The summed E-state index contributed by atoms with van der Waals surface area (Å²) < 4.78 is 16.7. The number of carbonyl (C=O) groups is 3. The third-order valence-electron chi connectivity index (χ3n) is 3.59. The molecule has 0 spiro atoms. The molecule has 1 aromatic rings. The topological polar surface area (TPSA) is 94.2 Å². The van der Waals surface area contributed by atoms with E-state index in [1.54, 1.807) is 26.0 Å². The number of likely N-dealkylation sites (N-methyl/N-ethyl adjacent to an activating group) is 1. The van der Waals surface area contributed by atoms with E-state index in [0.717, 1.165) is 0 Å². The number of nitrogens with one attached hydrogen (secondary N) is 1. The molecule has 1 aliphatic heterocycles. The summed E-state index contributed by atoms with van der Waals surface area (Å²) >= 11 is 6.96. The molecular weight excluding hydrogens is 499 g/mol. The molecule has 1 N–H and O–H groups in total. The summed E-state index contributed by atoms with van der Waals surface area (Å²) in [5, 5.41) is 2.52. The highest BCUT2D eigenvalue weighted by Gasteiger charge is 2.30. The molecule has 0 bridgehead atoms. The molecule has 2 amide bonds. The van der Waals surface area contributed by atoms with Gasteiger partial charge in [-0.25, -0.2) is 4.79 Å². The van der Waals surface area contributed by atoms with Crippen LogP contribution in [0.15, 0.2) is 17.7 Å². The first-order valence-corrected chi connectivity index (χ1v) is 9.87. The number of rotatable bonds is 7. The standard InChI is InChI=1S/C18H19IN2O6S/c1-4-25-13-8-10(6-11-16(23)20-18(28)21(3)17(11)24)7-12(19)15(13)27-9-14(22)26-5-2/h6-8H,4-5,9H2,1-3H3,(H,20,23,28). The van der Waals surface area contributed by atoms with E-state index in [9.17, 15) is 14.4 Å². The molecule has 1 aromatic carbocycles. The number of carbonyl (C=O) groups excluding carboxylic acids is 3. The number of thiocarbonyl (C=S) groups is 1. The van der Waals surface area contributed by atoms with E-state index in [1.165, 1.54) is 18.0 Å². The predicted molar refractivity (Wildman–Crippen MR) is 114 cm³/mol. The Morgan fingerprint density at radius 1 is 1.25 bits per heavy atom. The molecule has 8 nitrogen and oxygen atoms in total. The Labute approximate surface area is 181 Å². The van der Waals surface area contributed by atoms with E-state index < -0.39 is 17.8 Å². The van der Waals surface area contributed by atoms with Crippen molar-refractivity contribution in [2.75, 3.05) is 26.9 Å². The highest BCUT2D eigenvalue weighted by atomic mass is 127. The van der Waals surface area contributed by atoms with Crippen LogP contribution in [0, 0.1) is 3.57 Å². The number of amides is 2. The summed E-state index contributed by atoms with van der Waals surface area (Å²) in [6, 6.07) is 3.34. The molecule has 0 saturated carbocycles. The maximum Gasteiger partial charge on any atom is 0.344 e. The zero-order chi connectivity index (χ0) is 20.8. The van der Waals surface area contributed by atoms with Gasteiger partial charge >= 0.3 is 5.97 Å². The lowest BCUT2D eigenvalue weighted by molar-refractivity contribution is -0.145. The minimum atomic E-state index is -0.566. The maximum absolute atomic E-state index is 12.4. The normalized spacial score (nSPS) is 15.5. The molecule has 0 aliphatic carbocycles. The second kappa shape index (κ2) is 9.82. The van der Waals surface area contributed by atoms with Crippen LogP contribution < -0.4 is 14.8 Å². The van der Waals surface area contributed by atoms with E-state index in [1.807, 2.05) is 22.6 Å².